The van der Waals surface area contributed by atoms with Crippen LogP contribution in [-0.2, 0) is 11.8 Å². The van der Waals surface area contributed by atoms with Gasteiger partial charge in [-0.3, -0.25) is 4.79 Å². The predicted octanol–water partition coefficient (Wildman–Crippen LogP) is 6.85. The number of para-hydroxylation sites is 1. The molecule has 2 N–H and O–H groups in total. The Morgan fingerprint density at radius 1 is 1.14 bits per heavy atom. The lowest BCUT2D eigenvalue weighted by Crippen LogP contribution is -2.29. The number of amides is 1. The van der Waals surface area contributed by atoms with E-state index in [1.165, 1.54) is 31.8 Å². The average molecular weight is 596 g/mol. The molecule has 2 aromatic carbocycles. The number of carbonyl (C=O) groups is 1. The molecule has 0 radical (unpaired) electrons. The maximum Gasteiger partial charge on any atom is 0.247 e. The molecule has 5 rings (SSSR count). The summed E-state index contributed by atoms with van der Waals surface area (Å²) in [6.45, 7) is 5.87. The highest BCUT2D eigenvalue weighted by molar-refractivity contribution is 6.02. The van der Waals surface area contributed by atoms with Crippen LogP contribution in [0.4, 0.5) is 23.0 Å². The molecular weight excluding hydrogens is 550 g/mol. The average Bonchev–Trinajstić information content (AvgIpc) is 3.33. The number of aromatic nitrogens is 3. The molecular formula is C35H45N7O2. The minimum absolute atomic E-state index is 0.287. The zero-order chi connectivity index (χ0) is 31.1. The van der Waals surface area contributed by atoms with Gasteiger partial charge in [-0.05, 0) is 57.1 Å². The second-order valence-electron chi connectivity index (χ2n) is 12.0. The molecule has 232 valence electrons. The van der Waals surface area contributed by atoms with Crippen LogP contribution in [0.1, 0.15) is 38.5 Å². The van der Waals surface area contributed by atoms with Gasteiger partial charge in [-0.15, -0.1) is 0 Å². The van der Waals surface area contributed by atoms with Gasteiger partial charge in [-0.2, -0.15) is 0 Å². The van der Waals surface area contributed by atoms with Gasteiger partial charge in [0.05, 0.1) is 18.0 Å². The summed E-state index contributed by atoms with van der Waals surface area (Å²) in [5, 5.41) is 7.52. The molecule has 0 bridgehead atoms. The lowest BCUT2D eigenvalue weighted by molar-refractivity contribution is -0.111. The number of anilines is 4. The van der Waals surface area contributed by atoms with Gasteiger partial charge in [0.15, 0.2) is 0 Å². The maximum absolute atomic E-state index is 12.6. The van der Waals surface area contributed by atoms with E-state index in [2.05, 4.69) is 54.9 Å². The number of likely N-dealkylation sites (N-methyl/N-ethyl adjacent to an activating group) is 2. The zero-order valence-corrected chi connectivity index (χ0v) is 26.5. The highest BCUT2D eigenvalue weighted by atomic mass is 16.5. The van der Waals surface area contributed by atoms with Crippen molar-refractivity contribution in [2.45, 2.75) is 38.5 Å². The van der Waals surface area contributed by atoms with E-state index in [0.29, 0.717) is 29.7 Å². The van der Waals surface area contributed by atoms with Gasteiger partial charge in [-0.25, -0.2) is 9.97 Å². The molecule has 1 aliphatic carbocycles. The Balaban J connectivity index is 1.45. The number of unbranched alkanes of at least 4 members (excludes halogenated alkanes) is 1. The topological polar surface area (TPSA) is 87.5 Å². The van der Waals surface area contributed by atoms with E-state index in [4.69, 9.17) is 9.72 Å². The van der Waals surface area contributed by atoms with Crippen LogP contribution in [0.2, 0.25) is 0 Å². The third kappa shape index (κ3) is 7.58. The number of rotatable bonds is 15. The number of aryl methyl sites for hydroxylation is 1. The van der Waals surface area contributed by atoms with Crippen LogP contribution < -0.4 is 20.3 Å². The maximum atomic E-state index is 12.6. The summed E-state index contributed by atoms with van der Waals surface area (Å²) in [4.78, 5) is 26.2. The first-order chi connectivity index (χ1) is 21.3. The fourth-order valence-electron chi connectivity index (χ4n) is 5.67. The number of nitrogens with one attached hydrogen (secondary N) is 2. The first-order valence-corrected chi connectivity index (χ1v) is 15.6. The SMILES string of the molecule is C=CC(=O)Nc1cc(Nc2nccc(-c3cn(C)c4ccccc34)n2)cc(OCCCCC2CCC2)c1N(C)CCN(C)C. The largest absolute Gasteiger partial charge is 0.491 e. The summed E-state index contributed by atoms with van der Waals surface area (Å²) in [6.07, 6.45) is 12.6. The third-order valence-corrected chi connectivity index (χ3v) is 8.36. The van der Waals surface area contributed by atoms with Gasteiger partial charge in [-0.1, -0.05) is 50.5 Å². The van der Waals surface area contributed by atoms with Crippen molar-refractivity contribution in [1.82, 2.24) is 19.4 Å². The van der Waals surface area contributed by atoms with Crippen molar-refractivity contribution < 1.29 is 9.53 Å². The van der Waals surface area contributed by atoms with E-state index in [1.54, 1.807) is 6.20 Å². The second-order valence-corrected chi connectivity index (χ2v) is 12.0. The number of nitrogens with zero attached hydrogens (tertiary/aromatic N) is 5. The molecule has 1 fully saturated rings. The van der Waals surface area contributed by atoms with Crippen LogP contribution in [0, 0.1) is 5.92 Å². The molecule has 9 heteroatoms. The lowest BCUT2D eigenvalue weighted by atomic mass is 9.82. The van der Waals surface area contributed by atoms with Crippen molar-refractivity contribution in [3.63, 3.8) is 0 Å². The van der Waals surface area contributed by atoms with Crippen molar-refractivity contribution in [2.75, 3.05) is 56.4 Å². The number of benzene rings is 2. The van der Waals surface area contributed by atoms with Crippen LogP contribution in [0.15, 0.2) is 67.5 Å². The van der Waals surface area contributed by atoms with Gasteiger partial charge >= 0.3 is 0 Å². The number of ether oxygens (including phenoxy) is 1. The van der Waals surface area contributed by atoms with Gasteiger partial charge in [0, 0.05) is 67.8 Å². The Morgan fingerprint density at radius 2 is 1.95 bits per heavy atom. The van der Waals surface area contributed by atoms with Crippen molar-refractivity contribution in [2.24, 2.45) is 13.0 Å². The lowest BCUT2D eigenvalue weighted by Gasteiger charge is -2.27. The first-order valence-electron chi connectivity index (χ1n) is 15.6. The summed E-state index contributed by atoms with van der Waals surface area (Å²) >= 11 is 0. The number of fused-ring (bicyclic) bond motifs is 1. The molecule has 1 aliphatic rings. The van der Waals surface area contributed by atoms with Crippen LogP contribution in [0.5, 0.6) is 5.75 Å². The fraction of sp³-hybridized carbons (Fsp3) is 0.400. The van der Waals surface area contributed by atoms with E-state index in [0.717, 1.165) is 59.7 Å². The molecule has 2 heterocycles. The molecule has 2 aromatic heterocycles. The smallest absolute Gasteiger partial charge is 0.247 e. The van der Waals surface area contributed by atoms with E-state index in [1.807, 2.05) is 58.5 Å². The van der Waals surface area contributed by atoms with Crippen LogP contribution >= 0.6 is 0 Å². The highest BCUT2D eigenvalue weighted by Gasteiger charge is 2.20. The highest BCUT2D eigenvalue weighted by Crippen LogP contribution is 2.40. The third-order valence-electron chi connectivity index (χ3n) is 8.36. The number of hydrogen-bond donors (Lipinski definition) is 2. The molecule has 1 saturated carbocycles. The fourth-order valence-corrected chi connectivity index (χ4v) is 5.67. The standard InChI is InChI=1S/C35H45N7O2/c1-6-33(43)38-30-22-26(37-35-36-18-17-29(39-35)28-24-42(5)31-16-8-7-15-27(28)31)23-32(34(30)41(4)20-19-40(2)3)44-21-10-9-12-25-13-11-14-25/h6-8,15-18,22-25H,1,9-14,19-21H2,2-5H3,(H,38,43)(H,36,37,39). The predicted molar refractivity (Wildman–Crippen MR) is 181 cm³/mol. The van der Waals surface area contributed by atoms with Crippen molar-refractivity contribution in [3.05, 3.63) is 67.5 Å². The number of carbonyl (C=O) groups excluding carboxylic acids is 1. The van der Waals surface area contributed by atoms with Crippen molar-refractivity contribution in [3.8, 4) is 17.0 Å². The summed E-state index contributed by atoms with van der Waals surface area (Å²) in [6, 6.07) is 14.1. The van der Waals surface area contributed by atoms with E-state index >= 15 is 0 Å². The summed E-state index contributed by atoms with van der Waals surface area (Å²) < 4.78 is 8.57. The first kappa shape index (κ1) is 31.1. The molecule has 9 nitrogen and oxygen atoms in total. The van der Waals surface area contributed by atoms with Crippen LogP contribution in [-0.4, -0.2) is 66.2 Å². The Bertz CT molecular complexity index is 1590. The Kier molecular flexibility index (Phi) is 10.2. The zero-order valence-electron chi connectivity index (χ0n) is 26.5. The molecule has 44 heavy (non-hydrogen) atoms. The molecule has 0 atom stereocenters. The summed E-state index contributed by atoms with van der Waals surface area (Å²) in [5.41, 5.74) is 5.18. The molecule has 0 aliphatic heterocycles. The second kappa shape index (κ2) is 14.4. The minimum Gasteiger partial charge on any atom is -0.491 e. The molecule has 4 aromatic rings. The summed E-state index contributed by atoms with van der Waals surface area (Å²) in [5.74, 6) is 1.76. The van der Waals surface area contributed by atoms with Gasteiger partial charge < -0.3 is 29.7 Å². The quantitative estimate of drug-likeness (QED) is 0.115. The minimum atomic E-state index is -0.287. The normalized spacial score (nSPS) is 13.1. The van der Waals surface area contributed by atoms with Gasteiger partial charge in [0.2, 0.25) is 11.9 Å². The van der Waals surface area contributed by atoms with E-state index in [-0.39, 0.29) is 5.91 Å². The summed E-state index contributed by atoms with van der Waals surface area (Å²) in [7, 11) is 8.16. The molecule has 1 amide bonds. The monoisotopic (exact) mass is 595 g/mol. The van der Waals surface area contributed by atoms with Crippen molar-refractivity contribution >= 4 is 39.8 Å². The van der Waals surface area contributed by atoms with Crippen molar-refractivity contribution in [1.29, 1.82) is 0 Å². The van der Waals surface area contributed by atoms with E-state index in [9.17, 15) is 4.79 Å². The van der Waals surface area contributed by atoms with Crippen LogP contribution in [0.25, 0.3) is 22.2 Å². The van der Waals surface area contributed by atoms with Gasteiger partial charge in [0.25, 0.3) is 0 Å². The Morgan fingerprint density at radius 3 is 2.70 bits per heavy atom. The van der Waals surface area contributed by atoms with E-state index < -0.39 is 0 Å². The van der Waals surface area contributed by atoms with Crippen LogP contribution in [0.3, 0.4) is 0 Å². The molecule has 0 spiro atoms. The van der Waals surface area contributed by atoms with Gasteiger partial charge in [0.1, 0.15) is 11.4 Å². The Hall–Kier alpha value is -4.37. The molecule has 0 saturated heterocycles. The number of hydrogen-bond acceptors (Lipinski definition) is 7. The Labute approximate surface area is 260 Å². The molecule has 0 unspecified atom stereocenters.